The van der Waals surface area contributed by atoms with Crippen LogP contribution in [-0.4, -0.2) is 19.7 Å². The average molecular weight is 257 g/mol. The Balaban J connectivity index is 2.56. The van der Waals surface area contributed by atoms with Gasteiger partial charge in [0.25, 0.3) is 0 Å². The van der Waals surface area contributed by atoms with Crippen LogP contribution in [0.1, 0.15) is 12.6 Å². The Bertz CT molecular complexity index is 561. The van der Waals surface area contributed by atoms with Gasteiger partial charge in [0.15, 0.2) is 5.69 Å². The molecule has 96 valence electrons. The lowest BCUT2D eigenvalue weighted by atomic mass is 10.2. The summed E-state index contributed by atoms with van der Waals surface area (Å²) in [7, 11) is 0. The van der Waals surface area contributed by atoms with Crippen LogP contribution in [-0.2, 0) is 12.7 Å². The molecule has 2 aromatic heterocycles. The van der Waals surface area contributed by atoms with Crippen LogP contribution in [0.15, 0.2) is 18.3 Å². The molecule has 0 radical (unpaired) electrons. The molecular formula is C10H10F3N5. The molecule has 0 aromatic carbocycles. The molecule has 8 heteroatoms. The molecular weight excluding hydrogens is 247 g/mol. The van der Waals surface area contributed by atoms with E-state index in [9.17, 15) is 13.2 Å². The van der Waals surface area contributed by atoms with Crippen LogP contribution in [0.3, 0.4) is 0 Å². The largest absolute Gasteiger partial charge is 0.433 e. The van der Waals surface area contributed by atoms with Gasteiger partial charge in [0.2, 0.25) is 5.95 Å². The standard InChI is InChI=1S/C10H10F3N5/c1-2-18-7(3-4-15-18)6-5-8(10(11,12)13)17-9(14)16-6/h3-5H,2H2,1H3,(H2,14,16,17). The SMILES string of the molecule is CCn1nccc1-c1cc(C(F)(F)F)nc(N)n1. The Morgan fingerprint density at radius 3 is 2.67 bits per heavy atom. The van der Waals surface area contributed by atoms with Crippen LogP contribution in [0, 0.1) is 0 Å². The van der Waals surface area contributed by atoms with E-state index < -0.39 is 17.8 Å². The van der Waals surface area contributed by atoms with Crippen molar-refractivity contribution in [2.75, 3.05) is 5.73 Å². The molecule has 2 aromatic rings. The maximum absolute atomic E-state index is 12.6. The molecule has 0 spiro atoms. The smallest absolute Gasteiger partial charge is 0.368 e. The third-order valence-corrected chi connectivity index (χ3v) is 2.31. The van der Waals surface area contributed by atoms with Gasteiger partial charge >= 0.3 is 6.18 Å². The minimum Gasteiger partial charge on any atom is -0.368 e. The molecule has 0 saturated heterocycles. The van der Waals surface area contributed by atoms with Crippen LogP contribution in [0.4, 0.5) is 19.1 Å². The molecule has 2 heterocycles. The number of aryl methyl sites for hydroxylation is 1. The number of aromatic nitrogens is 4. The lowest BCUT2D eigenvalue weighted by Gasteiger charge is -2.09. The lowest BCUT2D eigenvalue weighted by molar-refractivity contribution is -0.141. The van der Waals surface area contributed by atoms with Crippen molar-refractivity contribution < 1.29 is 13.2 Å². The molecule has 2 N–H and O–H groups in total. The van der Waals surface area contributed by atoms with E-state index in [-0.39, 0.29) is 5.69 Å². The highest BCUT2D eigenvalue weighted by atomic mass is 19.4. The van der Waals surface area contributed by atoms with Crippen LogP contribution >= 0.6 is 0 Å². The number of hydrogen-bond donors (Lipinski definition) is 1. The molecule has 0 atom stereocenters. The first-order valence-corrected chi connectivity index (χ1v) is 5.15. The molecule has 18 heavy (non-hydrogen) atoms. The number of nitrogen functional groups attached to an aromatic ring is 1. The van der Waals surface area contributed by atoms with Gasteiger partial charge in [-0.05, 0) is 19.1 Å². The summed E-state index contributed by atoms with van der Waals surface area (Å²) in [4.78, 5) is 6.99. The van der Waals surface area contributed by atoms with E-state index in [2.05, 4.69) is 15.1 Å². The fourth-order valence-corrected chi connectivity index (χ4v) is 1.54. The topological polar surface area (TPSA) is 69.6 Å². The second-order valence-corrected chi connectivity index (χ2v) is 3.53. The summed E-state index contributed by atoms with van der Waals surface area (Å²) in [6.07, 6.45) is -3.06. The molecule has 0 unspecified atom stereocenters. The molecule has 0 amide bonds. The Hall–Kier alpha value is -2.12. The quantitative estimate of drug-likeness (QED) is 0.892. The van der Waals surface area contributed by atoms with E-state index in [0.29, 0.717) is 12.2 Å². The first kappa shape index (κ1) is 12.3. The van der Waals surface area contributed by atoms with Crippen molar-refractivity contribution in [3.8, 4) is 11.4 Å². The highest BCUT2D eigenvalue weighted by Gasteiger charge is 2.33. The third-order valence-electron chi connectivity index (χ3n) is 2.31. The summed E-state index contributed by atoms with van der Waals surface area (Å²) in [6.45, 7) is 2.35. The number of anilines is 1. The molecule has 5 nitrogen and oxygen atoms in total. The van der Waals surface area contributed by atoms with Crippen LogP contribution in [0.2, 0.25) is 0 Å². The Labute approximate surface area is 100 Å². The van der Waals surface area contributed by atoms with E-state index in [1.807, 2.05) is 6.92 Å². The van der Waals surface area contributed by atoms with Crippen LogP contribution in [0.5, 0.6) is 0 Å². The van der Waals surface area contributed by atoms with Gasteiger partial charge in [-0.25, -0.2) is 9.97 Å². The van der Waals surface area contributed by atoms with Crippen molar-refractivity contribution in [1.82, 2.24) is 19.7 Å². The summed E-state index contributed by atoms with van der Waals surface area (Å²) in [5, 5.41) is 3.97. The van der Waals surface area contributed by atoms with Crippen LogP contribution in [0.25, 0.3) is 11.4 Å². The Morgan fingerprint density at radius 2 is 2.06 bits per heavy atom. The van der Waals surface area contributed by atoms with Crippen molar-refractivity contribution in [3.63, 3.8) is 0 Å². The minimum absolute atomic E-state index is 0.106. The van der Waals surface area contributed by atoms with E-state index in [1.54, 1.807) is 6.07 Å². The summed E-state index contributed by atoms with van der Waals surface area (Å²) >= 11 is 0. The van der Waals surface area contributed by atoms with Gasteiger partial charge in [0.05, 0.1) is 11.4 Å². The first-order chi connectivity index (χ1) is 8.41. The Morgan fingerprint density at radius 1 is 1.33 bits per heavy atom. The van der Waals surface area contributed by atoms with Gasteiger partial charge in [0, 0.05) is 12.7 Å². The number of hydrogen-bond acceptors (Lipinski definition) is 4. The number of rotatable bonds is 2. The first-order valence-electron chi connectivity index (χ1n) is 5.15. The second kappa shape index (κ2) is 4.28. The highest BCUT2D eigenvalue weighted by molar-refractivity contribution is 5.56. The molecule has 0 bridgehead atoms. The van der Waals surface area contributed by atoms with Gasteiger partial charge in [-0.2, -0.15) is 18.3 Å². The molecule has 0 aliphatic rings. The minimum atomic E-state index is -4.55. The molecule has 0 saturated carbocycles. The summed E-state index contributed by atoms with van der Waals surface area (Å²) in [6, 6.07) is 2.44. The van der Waals surface area contributed by atoms with Gasteiger partial charge < -0.3 is 5.73 Å². The van der Waals surface area contributed by atoms with Crippen LogP contribution < -0.4 is 5.73 Å². The van der Waals surface area contributed by atoms with Crippen molar-refractivity contribution in [1.29, 1.82) is 0 Å². The van der Waals surface area contributed by atoms with Crippen molar-refractivity contribution in [2.45, 2.75) is 19.6 Å². The lowest BCUT2D eigenvalue weighted by Crippen LogP contribution is -2.12. The molecule has 0 fully saturated rings. The van der Waals surface area contributed by atoms with E-state index in [1.165, 1.54) is 10.9 Å². The van der Waals surface area contributed by atoms with Gasteiger partial charge in [-0.1, -0.05) is 0 Å². The third kappa shape index (κ3) is 2.27. The highest BCUT2D eigenvalue weighted by Crippen LogP contribution is 2.30. The zero-order chi connectivity index (χ0) is 13.3. The fourth-order valence-electron chi connectivity index (χ4n) is 1.54. The molecule has 0 aliphatic heterocycles. The zero-order valence-electron chi connectivity index (χ0n) is 9.44. The van der Waals surface area contributed by atoms with E-state index in [4.69, 9.17) is 5.73 Å². The second-order valence-electron chi connectivity index (χ2n) is 3.53. The average Bonchev–Trinajstić information content (AvgIpc) is 2.74. The molecule has 0 aliphatic carbocycles. The predicted octanol–water partition coefficient (Wildman–Crippen LogP) is 1.96. The number of nitrogens with two attached hydrogens (primary N) is 1. The number of nitrogens with zero attached hydrogens (tertiary/aromatic N) is 4. The Kier molecular flexibility index (Phi) is 2.93. The summed E-state index contributed by atoms with van der Waals surface area (Å²) in [5.41, 5.74) is 4.82. The van der Waals surface area contributed by atoms with Crippen molar-refractivity contribution in [2.24, 2.45) is 0 Å². The zero-order valence-corrected chi connectivity index (χ0v) is 9.44. The fraction of sp³-hybridized carbons (Fsp3) is 0.300. The predicted molar refractivity (Wildman–Crippen MR) is 58.3 cm³/mol. The number of alkyl halides is 3. The maximum Gasteiger partial charge on any atom is 0.433 e. The van der Waals surface area contributed by atoms with Gasteiger partial charge in [0.1, 0.15) is 0 Å². The number of halogens is 3. The maximum atomic E-state index is 12.6. The van der Waals surface area contributed by atoms with E-state index >= 15 is 0 Å². The molecule has 2 rings (SSSR count). The van der Waals surface area contributed by atoms with E-state index in [0.717, 1.165) is 6.07 Å². The van der Waals surface area contributed by atoms with Crippen molar-refractivity contribution in [3.05, 3.63) is 24.0 Å². The summed E-state index contributed by atoms with van der Waals surface area (Å²) in [5.74, 6) is -0.413. The van der Waals surface area contributed by atoms with Gasteiger partial charge in [-0.3, -0.25) is 4.68 Å². The normalized spacial score (nSPS) is 11.8. The monoisotopic (exact) mass is 257 g/mol. The van der Waals surface area contributed by atoms with Gasteiger partial charge in [-0.15, -0.1) is 0 Å². The van der Waals surface area contributed by atoms with Crippen molar-refractivity contribution >= 4 is 5.95 Å². The summed E-state index contributed by atoms with van der Waals surface area (Å²) < 4.78 is 39.3.